The molecule has 0 amide bonds. The third kappa shape index (κ3) is 3.42. The SMILES string of the molecule is COC(=O)c1sc2nc(C)nc(NCCC3=CCOCC3)c2c1C. The average molecular weight is 347 g/mol. The minimum absolute atomic E-state index is 0.327. The lowest BCUT2D eigenvalue weighted by atomic mass is 10.1. The Morgan fingerprint density at radius 3 is 2.96 bits per heavy atom. The third-order valence-corrected chi connectivity index (χ3v) is 5.23. The number of rotatable bonds is 5. The van der Waals surface area contributed by atoms with Crippen molar-refractivity contribution in [1.82, 2.24) is 9.97 Å². The van der Waals surface area contributed by atoms with Crippen molar-refractivity contribution in [2.45, 2.75) is 26.7 Å². The second-order valence-electron chi connectivity index (χ2n) is 5.71. The fourth-order valence-electron chi connectivity index (χ4n) is 2.79. The zero-order valence-electron chi connectivity index (χ0n) is 14.1. The highest BCUT2D eigenvalue weighted by molar-refractivity contribution is 7.20. The Morgan fingerprint density at radius 1 is 1.42 bits per heavy atom. The summed E-state index contributed by atoms with van der Waals surface area (Å²) in [5.41, 5.74) is 2.28. The number of nitrogens with one attached hydrogen (secondary N) is 1. The van der Waals surface area contributed by atoms with Gasteiger partial charge in [0, 0.05) is 6.54 Å². The van der Waals surface area contributed by atoms with E-state index < -0.39 is 0 Å². The summed E-state index contributed by atoms with van der Waals surface area (Å²) in [6.07, 6.45) is 4.10. The molecule has 0 radical (unpaired) electrons. The number of carbonyl (C=O) groups is 1. The molecular formula is C17H21N3O3S. The highest BCUT2D eigenvalue weighted by Gasteiger charge is 2.20. The number of hydrogen-bond donors (Lipinski definition) is 1. The van der Waals surface area contributed by atoms with E-state index in [9.17, 15) is 4.79 Å². The van der Waals surface area contributed by atoms with Crippen LogP contribution in [0.5, 0.6) is 0 Å². The molecule has 0 aliphatic carbocycles. The van der Waals surface area contributed by atoms with E-state index in [1.54, 1.807) is 0 Å². The molecule has 0 saturated carbocycles. The second-order valence-corrected chi connectivity index (χ2v) is 6.71. The maximum absolute atomic E-state index is 11.9. The van der Waals surface area contributed by atoms with Gasteiger partial charge in [-0.2, -0.15) is 0 Å². The van der Waals surface area contributed by atoms with Crippen LogP contribution in [0.4, 0.5) is 5.82 Å². The smallest absolute Gasteiger partial charge is 0.348 e. The number of hydrogen-bond acceptors (Lipinski definition) is 7. The maximum atomic E-state index is 11.9. The largest absolute Gasteiger partial charge is 0.465 e. The summed E-state index contributed by atoms with van der Waals surface area (Å²) >= 11 is 1.35. The summed E-state index contributed by atoms with van der Waals surface area (Å²) in [7, 11) is 1.39. The number of thiophene rings is 1. The van der Waals surface area contributed by atoms with Gasteiger partial charge in [0.05, 0.1) is 25.7 Å². The number of anilines is 1. The van der Waals surface area contributed by atoms with Gasteiger partial charge in [0.1, 0.15) is 21.3 Å². The van der Waals surface area contributed by atoms with Crippen LogP contribution >= 0.6 is 11.3 Å². The van der Waals surface area contributed by atoms with Gasteiger partial charge in [-0.15, -0.1) is 11.3 Å². The minimum Gasteiger partial charge on any atom is -0.465 e. The summed E-state index contributed by atoms with van der Waals surface area (Å²) in [4.78, 5) is 22.3. The quantitative estimate of drug-likeness (QED) is 0.661. The number of fused-ring (bicyclic) bond motifs is 1. The van der Waals surface area contributed by atoms with Crippen LogP contribution in [-0.4, -0.2) is 42.8 Å². The van der Waals surface area contributed by atoms with Gasteiger partial charge in [0.2, 0.25) is 0 Å². The Kier molecular flexibility index (Phi) is 5.11. The van der Waals surface area contributed by atoms with Crippen LogP contribution in [0.25, 0.3) is 10.2 Å². The lowest BCUT2D eigenvalue weighted by Crippen LogP contribution is -2.10. The van der Waals surface area contributed by atoms with E-state index in [2.05, 4.69) is 21.4 Å². The van der Waals surface area contributed by atoms with Crippen LogP contribution in [-0.2, 0) is 9.47 Å². The lowest BCUT2D eigenvalue weighted by molar-refractivity contribution is 0.0605. The summed E-state index contributed by atoms with van der Waals surface area (Å²) in [5.74, 6) is 1.15. The fourth-order valence-corrected chi connectivity index (χ4v) is 3.94. The second kappa shape index (κ2) is 7.27. The first-order valence-electron chi connectivity index (χ1n) is 7.95. The van der Waals surface area contributed by atoms with Gasteiger partial charge in [-0.3, -0.25) is 0 Å². The van der Waals surface area contributed by atoms with E-state index >= 15 is 0 Å². The van der Waals surface area contributed by atoms with Crippen LogP contribution < -0.4 is 5.32 Å². The van der Waals surface area contributed by atoms with Crippen LogP contribution in [0.15, 0.2) is 11.6 Å². The van der Waals surface area contributed by atoms with E-state index in [0.29, 0.717) is 17.3 Å². The van der Waals surface area contributed by atoms with Crippen molar-refractivity contribution in [3.05, 3.63) is 27.9 Å². The monoisotopic (exact) mass is 347 g/mol. The van der Waals surface area contributed by atoms with Gasteiger partial charge in [-0.05, 0) is 32.3 Å². The first kappa shape index (κ1) is 16.9. The molecule has 0 bridgehead atoms. The molecule has 3 rings (SSSR count). The first-order chi connectivity index (χ1) is 11.6. The van der Waals surface area contributed by atoms with E-state index in [1.807, 2.05) is 13.8 Å². The van der Waals surface area contributed by atoms with Crippen LogP contribution in [0.3, 0.4) is 0 Å². The van der Waals surface area contributed by atoms with Crippen LogP contribution in [0, 0.1) is 13.8 Å². The normalized spacial score (nSPS) is 14.5. The molecular weight excluding hydrogens is 326 g/mol. The molecule has 0 unspecified atom stereocenters. The Bertz CT molecular complexity index is 798. The number of esters is 1. The van der Waals surface area contributed by atoms with Gasteiger partial charge in [-0.25, -0.2) is 14.8 Å². The molecule has 3 heterocycles. The van der Waals surface area contributed by atoms with Crippen LogP contribution in [0.1, 0.15) is 33.9 Å². The van der Waals surface area contributed by atoms with Gasteiger partial charge in [-0.1, -0.05) is 11.6 Å². The summed E-state index contributed by atoms with van der Waals surface area (Å²) < 4.78 is 10.2. The third-order valence-electron chi connectivity index (χ3n) is 4.07. The molecule has 7 heteroatoms. The van der Waals surface area contributed by atoms with Gasteiger partial charge < -0.3 is 14.8 Å². The topological polar surface area (TPSA) is 73.3 Å². The Hall–Kier alpha value is -1.99. The van der Waals surface area contributed by atoms with Crippen molar-refractivity contribution in [2.75, 3.05) is 32.2 Å². The van der Waals surface area contributed by atoms with E-state index in [1.165, 1.54) is 24.0 Å². The molecule has 24 heavy (non-hydrogen) atoms. The average Bonchev–Trinajstić information content (AvgIpc) is 2.91. The van der Waals surface area contributed by atoms with E-state index in [-0.39, 0.29) is 5.97 Å². The van der Waals surface area contributed by atoms with Crippen molar-refractivity contribution in [2.24, 2.45) is 0 Å². The molecule has 128 valence electrons. The summed E-state index contributed by atoms with van der Waals surface area (Å²) in [6.45, 7) is 6.07. The number of aromatic nitrogens is 2. The molecule has 0 spiro atoms. The highest BCUT2D eigenvalue weighted by Crippen LogP contribution is 2.34. The Labute approximate surface area is 144 Å². The first-order valence-corrected chi connectivity index (χ1v) is 8.77. The molecule has 1 aliphatic heterocycles. The molecule has 6 nitrogen and oxygen atoms in total. The molecule has 1 aliphatic rings. The molecule has 0 fully saturated rings. The Balaban J connectivity index is 1.85. The zero-order chi connectivity index (χ0) is 17.1. The molecule has 0 saturated heterocycles. The molecule has 0 aromatic carbocycles. The lowest BCUT2D eigenvalue weighted by Gasteiger charge is -2.14. The predicted molar refractivity (Wildman–Crippen MR) is 94.9 cm³/mol. The standard InChI is InChI=1S/C17H21N3O3S/c1-10-13-15(18-7-4-12-5-8-23-9-6-12)19-11(2)20-16(13)24-14(10)17(21)22-3/h5H,4,6-9H2,1-3H3,(H,18,19,20). The molecule has 0 atom stereocenters. The Morgan fingerprint density at radius 2 is 2.25 bits per heavy atom. The number of aryl methyl sites for hydroxylation is 2. The minimum atomic E-state index is -0.327. The predicted octanol–water partition coefficient (Wildman–Crippen LogP) is 3.24. The molecule has 2 aromatic rings. The number of nitrogens with zero attached hydrogens (tertiary/aromatic N) is 2. The zero-order valence-corrected chi connectivity index (χ0v) is 15.0. The molecule has 1 N–H and O–H groups in total. The van der Waals surface area contributed by atoms with Crippen LogP contribution in [0.2, 0.25) is 0 Å². The van der Waals surface area contributed by atoms with Crippen molar-refractivity contribution in [3.63, 3.8) is 0 Å². The van der Waals surface area contributed by atoms with Crippen molar-refractivity contribution < 1.29 is 14.3 Å². The fraction of sp³-hybridized carbons (Fsp3) is 0.471. The molecule has 2 aromatic heterocycles. The number of methoxy groups -OCH3 is 1. The number of ether oxygens (including phenoxy) is 2. The van der Waals surface area contributed by atoms with Gasteiger partial charge >= 0.3 is 5.97 Å². The van der Waals surface area contributed by atoms with Crippen molar-refractivity contribution in [3.8, 4) is 0 Å². The van der Waals surface area contributed by atoms with Crippen molar-refractivity contribution >= 4 is 33.3 Å². The van der Waals surface area contributed by atoms with Gasteiger partial charge in [0.15, 0.2) is 0 Å². The van der Waals surface area contributed by atoms with Gasteiger partial charge in [0.25, 0.3) is 0 Å². The summed E-state index contributed by atoms with van der Waals surface area (Å²) in [6, 6.07) is 0. The van der Waals surface area contributed by atoms with E-state index in [4.69, 9.17) is 9.47 Å². The highest BCUT2D eigenvalue weighted by atomic mass is 32.1. The van der Waals surface area contributed by atoms with Crippen molar-refractivity contribution in [1.29, 1.82) is 0 Å². The number of carbonyl (C=O) groups excluding carboxylic acids is 1. The summed E-state index contributed by atoms with van der Waals surface area (Å²) in [5, 5.41) is 4.32. The van der Waals surface area contributed by atoms with E-state index in [0.717, 1.165) is 47.6 Å². The maximum Gasteiger partial charge on any atom is 0.348 e.